The number of amides is 1. The number of rotatable bonds is 1. The summed E-state index contributed by atoms with van der Waals surface area (Å²) in [6.07, 6.45) is 0.239. The van der Waals surface area contributed by atoms with Crippen LogP contribution in [0.15, 0.2) is 22.8 Å². The van der Waals surface area contributed by atoms with Crippen LogP contribution in [-0.4, -0.2) is 6.09 Å². The van der Waals surface area contributed by atoms with Gasteiger partial charge < -0.3 is 9.15 Å². The molecule has 0 aliphatic heterocycles. The van der Waals surface area contributed by atoms with Gasteiger partial charge in [0, 0.05) is 6.07 Å². The molecule has 0 spiro atoms. The van der Waals surface area contributed by atoms with E-state index in [-0.39, 0.29) is 5.95 Å². The highest BCUT2D eigenvalue weighted by Gasteiger charge is 1.98. The average Bonchev–Trinajstić information content (AvgIpc) is 2.15. The quantitative estimate of drug-likeness (QED) is 0.565. The molecule has 1 N–H and O–H groups in total. The standard InChI is InChI=1S/C5H4NO3/c6-5(7)9-4-2-1-3-8-4/h1-3,6H. The fourth-order valence-corrected chi connectivity index (χ4v) is 0.413. The molecule has 0 unspecified atom stereocenters. The maximum atomic E-state index is 9.90. The van der Waals surface area contributed by atoms with Crippen LogP contribution >= 0.6 is 0 Å². The molecule has 0 saturated carbocycles. The second-order valence-electron chi connectivity index (χ2n) is 1.32. The van der Waals surface area contributed by atoms with Crippen molar-refractivity contribution in [1.82, 2.24) is 5.73 Å². The summed E-state index contributed by atoms with van der Waals surface area (Å²) in [5, 5.41) is 0. The van der Waals surface area contributed by atoms with Crippen molar-refractivity contribution in [1.29, 1.82) is 0 Å². The van der Waals surface area contributed by atoms with Gasteiger partial charge in [0.1, 0.15) is 0 Å². The van der Waals surface area contributed by atoms with E-state index in [4.69, 9.17) is 5.73 Å². The maximum Gasteiger partial charge on any atom is 0.434 e. The molecule has 0 fully saturated rings. The summed E-state index contributed by atoms with van der Waals surface area (Å²) >= 11 is 0. The molecule has 4 heteroatoms. The van der Waals surface area contributed by atoms with Crippen molar-refractivity contribution >= 4 is 6.09 Å². The lowest BCUT2D eigenvalue weighted by Crippen LogP contribution is -2.04. The molecule has 1 rings (SSSR count). The van der Waals surface area contributed by atoms with Gasteiger partial charge in [-0.1, -0.05) is 0 Å². The van der Waals surface area contributed by atoms with Gasteiger partial charge in [0.2, 0.25) is 0 Å². The van der Waals surface area contributed by atoms with Crippen molar-refractivity contribution in [2.75, 3.05) is 0 Å². The van der Waals surface area contributed by atoms with Gasteiger partial charge in [-0.25, -0.2) is 10.5 Å². The number of nitrogens with one attached hydrogen (secondary N) is 1. The first kappa shape index (κ1) is 5.68. The largest absolute Gasteiger partial charge is 0.434 e. The first-order chi connectivity index (χ1) is 4.29. The Morgan fingerprint density at radius 2 is 2.56 bits per heavy atom. The maximum absolute atomic E-state index is 9.90. The molecule has 1 aromatic heterocycles. The zero-order valence-corrected chi connectivity index (χ0v) is 4.46. The number of carbonyl (C=O) groups is 1. The van der Waals surface area contributed by atoms with Gasteiger partial charge in [0.25, 0.3) is 5.95 Å². The minimum atomic E-state index is -1.12. The SMILES string of the molecule is [NH]C(=O)Oc1ccco1. The van der Waals surface area contributed by atoms with Crippen LogP contribution in [0.25, 0.3) is 0 Å². The molecule has 9 heavy (non-hydrogen) atoms. The Morgan fingerprint density at radius 3 is 3.00 bits per heavy atom. The summed E-state index contributed by atoms with van der Waals surface area (Å²) in [5.41, 5.74) is 6.33. The molecule has 0 aliphatic rings. The zero-order chi connectivity index (χ0) is 6.69. The molecule has 4 nitrogen and oxygen atoms in total. The van der Waals surface area contributed by atoms with Crippen LogP contribution in [0.4, 0.5) is 4.79 Å². The molecule has 0 saturated heterocycles. The highest BCUT2D eigenvalue weighted by atomic mass is 16.6. The molecular formula is C5H4NO3. The van der Waals surface area contributed by atoms with E-state index in [9.17, 15) is 4.79 Å². The van der Waals surface area contributed by atoms with Gasteiger partial charge in [-0.3, -0.25) is 0 Å². The van der Waals surface area contributed by atoms with E-state index in [0.717, 1.165) is 0 Å². The fraction of sp³-hybridized carbons (Fsp3) is 0. The molecule has 0 aliphatic carbocycles. The number of ether oxygens (including phenoxy) is 1. The minimum absolute atomic E-state index is 0.0509. The summed E-state index contributed by atoms with van der Waals surface area (Å²) in [6, 6.07) is 3.02. The Kier molecular flexibility index (Phi) is 1.40. The summed E-state index contributed by atoms with van der Waals surface area (Å²) in [6.45, 7) is 0. The van der Waals surface area contributed by atoms with Crippen molar-refractivity contribution < 1.29 is 13.9 Å². The van der Waals surface area contributed by atoms with E-state index in [1.807, 2.05) is 0 Å². The van der Waals surface area contributed by atoms with Gasteiger partial charge in [-0.05, 0) is 6.07 Å². The van der Waals surface area contributed by atoms with Gasteiger partial charge in [0.05, 0.1) is 6.26 Å². The van der Waals surface area contributed by atoms with Crippen molar-refractivity contribution in [2.24, 2.45) is 0 Å². The molecule has 0 aromatic carbocycles. The highest BCUT2D eigenvalue weighted by molar-refractivity contribution is 5.66. The fourth-order valence-electron chi connectivity index (χ4n) is 0.413. The van der Waals surface area contributed by atoms with Crippen LogP contribution in [0.2, 0.25) is 0 Å². The predicted molar refractivity (Wildman–Crippen MR) is 27.8 cm³/mol. The van der Waals surface area contributed by atoms with E-state index in [2.05, 4.69) is 9.15 Å². The summed E-state index contributed by atoms with van der Waals surface area (Å²) < 4.78 is 8.80. The monoisotopic (exact) mass is 126 g/mol. The third kappa shape index (κ3) is 1.49. The number of carbonyl (C=O) groups excluding carboxylic acids is 1. The van der Waals surface area contributed by atoms with Crippen LogP contribution in [0, 0.1) is 0 Å². The van der Waals surface area contributed by atoms with E-state index >= 15 is 0 Å². The van der Waals surface area contributed by atoms with E-state index in [0.29, 0.717) is 0 Å². The topological polar surface area (TPSA) is 63.2 Å². The number of hydrogen-bond acceptors (Lipinski definition) is 3. The molecule has 0 bridgehead atoms. The zero-order valence-electron chi connectivity index (χ0n) is 4.46. The van der Waals surface area contributed by atoms with Crippen molar-refractivity contribution in [3.05, 3.63) is 18.4 Å². The second-order valence-corrected chi connectivity index (χ2v) is 1.32. The van der Waals surface area contributed by atoms with Crippen LogP contribution in [-0.2, 0) is 0 Å². The molecule has 1 amide bonds. The smallest absolute Gasteiger partial charge is 0.434 e. The molecule has 1 radical (unpaired) electrons. The summed E-state index contributed by atoms with van der Waals surface area (Å²) in [5.74, 6) is 0.0509. The van der Waals surface area contributed by atoms with E-state index in [1.165, 1.54) is 12.3 Å². The van der Waals surface area contributed by atoms with Crippen LogP contribution < -0.4 is 10.5 Å². The van der Waals surface area contributed by atoms with Crippen molar-refractivity contribution in [3.63, 3.8) is 0 Å². The molecular weight excluding hydrogens is 122 g/mol. The van der Waals surface area contributed by atoms with E-state index < -0.39 is 6.09 Å². The average molecular weight is 126 g/mol. The third-order valence-corrected chi connectivity index (χ3v) is 0.688. The third-order valence-electron chi connectivity index (χ3n) is 0.688. The Labute approximate surface area is 51.2 Å². The van der Waals surface area contributed by atoms with Crippen LogP contribution in [0.5, 0.6) is 5.95 Å². The van der Waals surface area contributed by atoms with Crippen molar-refractivity contribution in [3.8, 4) is 5.95 Å². The molecule has 47 valence electrons. The first-order valence-electron chi connectivity index (χ1n) is 2.26. The Morgan fingerprint density at radius 1 is 1.78 bits per heavy atom. The molecule has 1 aromatic rings. The first-order valence-corrected chi connectivity index (χ1v) is 2.26. The Hall–Kier alpha value is -1.45. The number of hydrogen-bond donors (Lipinski definition) is 0. The Balaban J connectivity index is 2.58. The van der Waals surface area contributed by atoms with Gasteiger partial charge >= 0.3 is 6.09 Å². The molecule has 0 atom stereocenters. The number of furan rings is 1. The lowest BCUT2D eigenvalue weighted by molar-refractivity contribution is 0.196. The predicted octanol–water partition coefficient (Wildman–Crippen LogP) is 1.06. The highest BCUT2D eigenvalue weighted by Crippen LogP contribution is 2.08. The molecule has 1 heterocycles. The van der Waals surface area contributed by atoms with Crippen molar-refractivity contribution in [2.45, 2.75) is 0 Å². The van der Waals surface area contributed by atoms with E-state index in [1.54, 1.807) is 6.07 Å². The Bertz CT molecular complexity index is 192. The minimum Gasteiger partial charge on any atom is -0.434 e. The van der Waals surface area contributed by atoms with Crippen LogP contribution in [0.3, 0.4) is 0 Å². The lowest BCUT2D eigenvalue weighted by atomic mass is 10.7. The normalized spacial score (nSPS) is 8.89. The summed E-state index contributed by atoms with van der Waals surface area (Å²) in [4.78, 5) is 9.90. The lowest BCUT2D eigenvalue weighted by Gasteiger charge is -1.89. The second kappa shape index (κ2) is 2.21. The summed E-state index contributed by atoms with van der Waals surface area (Å²) in [7, 11) is 0. The van der Waals surface area contributed by atoms with Gasteiger partial charge in [-0.15, -0.1) is 0 Å². The van der Waals surface area contributed by atoms with Gasteiger partial charge in [-0.2, -0.15) is 0 Å². The van der Waals surface area contributed by atoms with Gasteiger partial charge in [0.15, 0.2) is 0 Å². The van der Waals surface area contributed by atoms with Crippen LogP contribution in [0.1, 0.15) is 0 Å².